The smallest absolute Gasteiger partial charge is 0.227 e. The van der Waals surface area contributed by atoms with Crippen molar-refractivity contribution >= 4 is 17.2 Å². The Kier molecular flexibility index (Phi) is 5.32. The van der Waals surface area contributed by atoms with E-state index >= 15 is 0 Å². The standard InChI is InChI=1S/C17H18N4O2S/c1-21(10-7-14-4-2-3-9-18-14)16(22)6-5-15-19-17(20-23-15)13-8-11-24-12-13/h2-4,8-9,11-12H,5-7,10H2,1H3. The molecule has 3 aromatic heterocycles. The Balaban J connectivity index is 1.46. The van der Waals surface area contributed by atoms with E-state index in [9.17, 15) is 4.79 Å². The van der Waals surface area contributed by atoms with Gasteiger partial charge >= 0.3 is 0 Å². The van der Waals surface area contributed by atoms with Crippen molar-refractivity contribution in [2.45, 2.75) is 19.3 Å². The summed E-state index contributed by atoms with van der Waals surface area (Å²) in [6.07, 6.45) is 3.30. The molecule has 0 spiro atoms. The lowest BCUT2D eigenvalue weighted by molar-refractivity contribution is -0.129. The molecular weight excluding hydrogens is 324 g/mol. The molecule has 0 saturated heterocycles. The summed E-state index contributed by atoms with van der Waals surface area (Å²) in [7, 11) is 1.80. The maximum atomic E-state index is 12.2. The molecule has 1 amide bonds. The first-order valence-corrected chi connectivity index (χ1v) is 8.65. The molecule has 124 valence electrons. The van der Waals surface area contributed by atoms with E-state index in [1.165, 1.54) is 0 Å². The van der Waals surface area contributed by atoms with E-state index in [1.807, 2.05) is 35.0 Å². The number of carbonyl (C=O) groups is 1. The van der Waals surface area contributed by atoms with Gasteiger partial charge in [0.05, 0.1) is 0 Å². The molecule has 24 heavy (non-hydrogen) atoms. The molecule has 0 aliphatic heterocycles. The van der Waals surface area contributed by atoms with Gasteiger partial charge in [0, 0.05) is 55.7 Å². The maximum Gasteiger partial charge on any atom is 0.227 e. The number of thiophene rings is 1. The Morgan fingerprint density at radius 1 is 1.29 bits per heavy atom. The van der Waals surface area contributed by atoms with Crippen molar-refractivity contribution in [3.8, 4) is 11.4 Å². The van der Waals surface area contributed by atoms with Gasteiger partial charge in [0.2, 0.25) is 17.6 Å². The van der Waals surface area contributed by atoms with Gasteiger partial charge in [-0.05, 0) is 23.6 Å². The summed E-state index contributed by atoms with van der Waals surface area (Å²) in [5.74, 6) is 1.12. The Hall–Kier alpha value is -2.54. The quantitative estimate of drug-likeness (QED) is 0.660. The Morgan fingerprint density at radius 3 is 2.96 bits per heavy atom. The van der Waals surface area contributed by atoms with Crippen molar-refractivity contribution in [3.05, 3.63) is 52.8 Å². The van der Waals surface area contributed by atoms with Crippen LogP contribution >= 0.6 is 11.3 Å². The van der Waals surface area contributed by atoms with Crippen LogP contribution in [0.15, 0.2) is 45.7 Å². The Bertz CT molecular complexity index is 771. The first-order chi connectivity index (χ1) is 11.7. The fourth-order valence-corrected chi connectivity index (χ4v) is 2.86. The molecule has 3 heterocycles. The van der Waals surface area contributed by atoms with Crippen LogP contribution in [0.2, 0.25) is 0 Å². The van der Waals surface area contributed by atoms with Crippen LogP contribution in [-0.4, -0.2) is 39.5 Å². The van der Waals surface area contributed by atoms with Crippen molar-refractivity contribution in [2.24, 2.45) is 0 Å². The number of rotatable bonds is 7. The maximum absolute atomic E-state index is 12.2. The zero-order chi connectivity index (χ0) is 16.8. The second kappa shape index (κ2) is 7.83. The number of aromatic nitrogens is 3. The number of pyridine rings is 1. The molecule has 0 aliphatic rings. The first kappa shape index (κ1) is 16.3. The Labute approximate surface area is 144 Å². The molecule has 0 saturated carbocycles. The molecule has 0 radical (unpaired) electrons. The summed E-state index contributed by atoms with van der Waals surface area (Å²) < 4.78 is 5.21. The van der Waals surface area contributed by atoms with E-state index in [1.54, 1.807) is 29.5 Å². The number of carbonyl (C=O) groups excluding carboxylic acids is 1. The molecule has 0 aliphatic carbocycles. The number of likely N-dealkylation sites (N-methyl/N-ethyl adjacent to an activating group) is 1. The summed E-state index contributed by atoms with van der Waals surface area (Å²) in [5, 5.41) is 7.87. The number of hydrogen-bond acceptors (Lipinski definition) is 6. The van der Waals surface area contributed by atoms with E-state index in [4.69, 9.17) is 4.52 Å². The summed E-state index contributed by atoms with van der Waals surface area (Å²) in [4.78, 5) is 22.5. The van der Waals surface area contributed by atoms with Crippen molar-refractivity contribution in [1.82, 2.24) is 20.0 Å². The molecular formula is C17H18N4O2S. The molecule has 0 fully saturated rings. The van der Waals surface area contributed by atoms with Crippen LogP contribution in [0, 0.1) is 0 Å². The molecule has 0 bridgehead atoms. The highest BCUT2D eigenvalue weighted by Gasteiger charge is 2.13. The largest absolute Gasteiger partial charge is 0.345 e. The molecule has 6 nitrogen and oxygen atoms in total. The third-order valence-corrected chi connectivity index (χ3v) is 4.34. The summed E-state index contributed by atoms with van der Waals surface area (Å²) in [6.45, 7) is 0.639. The highest BCUT2D eigenvalue weighted by molar-refractivity contribution is 7.08. The van der Waals surface area contributed by atoms with Crippen molar-refractivity contribution in [3.63, 3.8) is 0 Å². The minimum Gasteiger partial charge on any atom is -0.345 e. The Morgan fingerprint density at radius 2 is 2.21 bits per heavy atom. The van der Waals surface area contributed by atoms with E-state index < -0.39 is 0 Å². The number of nitrogens with zero attached hydrogens (tertiary/aromatic N) is 4. The lowest BCUT2D eigenvalue weighted by Gasteiger charge is -2.16. The average molecular weight is 342 g/mol. The van der Waals surface area contributed by atoms with Crippen LogP contribution in [0.25, 0.3) is 11.4 Å². The summed E-state index contributed by atoms with van der Waals surface area (Å²) in [6, 6.07) is 7.73. The van der Waals surface area contributed by atoms with Crippen LogP contribution in [0.5, 0.6) is 0 Å². The van der Waals surface area contributed by atoms with E-state index in [0.717, 1.165) is 17.7 Å². The molecule has 7 heteroatoms. The second-order valence-corrected chi connectivity index (χ2v) is 6.19. The van der Waals surface area contributed by atoms with Gasteiger partial charge in [-0.25, -0.2) is 0 Å². The second-order valence-electron chi connectivity index (χ2n) is 5.41. The third-order valence-electron chi connectivity index (χ3n) is 3.66. The van der Waals surface area contributed by atoms with Crippen LogP contribution < -0.4 is 0 Å². The predicted octanol–water partition coefficient (Wildman–Crippen LogP) is 2.83. The molecule has 3 rings (SSSR count). The van der Waals surface area contributed by atoms with Gasteiger partial charge in [-0.3, -0.25) is 9.78 Å². The van der Waals surface area contributed by atoms with Crippen LogP contribution in [0.3, 0.4) is 0 Å². The average Bonchev–Trinajstić information content (AvgIpc) is 3.29. The van der Waals surface area contributed by atoms with Gasteiger partial charge in [0.25, 0.3) is 0 Å². The van der Waals surface area contributed by atoms with Gasteiger partial charge in [0.1, 0.15) is 0 Å². The monoisotopic (exact) mass is 342 g/mol. The van der Waals surface area contributed by atoms with E-state index in [2.05, 4.69) is 15.1 Å². The van der Waals surface area contributed by atoms with Crippen LogP contribution in [0.1, 0.15) is 18.0 Å². The molecule has 0 unspecified atom stereocenters. The normalized spacial score (nSPS) is 10.7. The first-order valence-electron chi connectivity index (χ1n) is 7.71. The minimum absolute atomic E-state index is 0.0567. The molecule has 3 aromatic rings. The molecule has 0 atom stereocenters. The predicted molar refractivity (Wildman–Crippen MR) is 91.5 cm³/mol. The van der Waals surface area contributed by atoms with Gasteiger partial charge in [-0.2, -0.15) is 16.3 Å². The van der Waals surface area contributed by atoms with Crippen molar-refractivity contribution in [1.29, 1.82) is 0 Å². The lowest BCUT2D eigenvalue weighted by Crippen LogP contribution is -2.29. The third kappa shape index (κ3) is 4.26. The SMILES string of the molecule is CN(CCc1ccccn1)C(=O)CCc1nc(-c2ccsc2)no1. The summed E-state index contributed by atoms with van der Waals surface area (Å²) >= 11 is 1.58. The van der Waals surface area contributed by atoms with Crippen molar-refractivity contribution < 1.29 is 9.32 Å². The van der Waals surface area contributed by atoms with E-state index in [0.29, 0.717) is 31.1 Å². The minimum atomic E-state index is 0.0567. The number of aryl methyl sites for hydroxylation is 1. The van der Waals surface area contributed by atoms with Crippen LogP contribution in [0.4, 0.5) is 0 Å². The molecule has 0 aromatic carbocycles. The highest BCUT2D eigenvalue weighted by atomic mass is 32.1. The summed E-state index contributed by atoms with van der Waals surface area (Å²) in [5.41, 5.74) is 1.92. The van der Waals surface area contributed by atoms with Gasteiger partial charge in [0.15, 0.2) is 0 Å². The van der Waals surface area contributed by atoms with Crippen LogP contribution in [-0.2, 0) is 17.6 Å². The highest BCUT2D eigenvalue weighted by Crippen LogP contribution is 2.19. The fourth-order valence-electron chi connectivity index (χ4n) is 2.22. The number of amides is 1. The zero-order valence-electron chi connectivity index (χ0n) is 13.4. The van der Waals surface area contributed by atoms with Gasteiger partial charge in [-0.15, -0.1) is 0 Å². The van der Waals surface area contributed by atoms with Crippen molar-refractivity contribution in [2.75, 3.05) is 13.6 Å². The molecule has 0 N–H and O–H groups in total. The lowest BCUT2D eigenvalue weighted by atomic mass is 10.2. The topological polar surface area (TPSA) is 72.1 Å². The van der Waals surface area contributed by atoms with Gasteiger partial charge in [-0.1, -0.05) is 11.2 Å². The zero-order valence-corrected chi connectivity index (χ0v) is 14.2. The fraction of sp³-hybridized carbons (Fsp3) is 0.294. The van der Waals surface area contributed by atoms with E-state index in [-0.39, 0.29) is 5.91 Å². The number of hydrogen-bond donors (Lipinski definition) is 0. The van der Waals surface area contributed by atoms with Gasteiger partial charge < -0.3 is 9.42 Å².